The zero-order chi connectivity index (χ0) is 11.1. The lowest BCUT2D eigenvalue weighted by Gasteiger charge is -2.10. The van der Waals surface area contributed by atoms with Crippen LogP contribution >= 0.6 is 0 Å². The molecule has 0 aliphatic rings. The van der Waals surface area contributed by atoms with Gasteiger partial charge in [0, 0.05) is 4.91 Å². The summed E-state index contributed by atoms with van der Waals surface area (Å²) in [5, 5.41) is 3.72. The first kappa shape index (κ1) is 11.5. The highest BCUT2D eigenvalue weighted by Crippen LogP contribution is 2.23. The Morgan fingerprint density at radius 1 is 1.40 bits per heavy atom. The molecule has 0 amide bonds. The van der Waals surface area contributed by atoms with Crippen LogP contribution in [-0.4, -0.2) is 0 Å². The molecule has 0 saturated heterocycles. The van der Waals surface area contributed by atoms with Gasteiger partial charge in [-0.05, 0) is 29.6 Å². The lowest BCUT2D eigenvalue weighted by molar-refractivity contribution is 0.594. The third-order valence-corrected chi connectivity index (χ3v) is 2.28. The molecule has 0 heterocycles. The summed E-state index contributed by atoms with van der Waals surface area (Å²) in [4.78, 5) is 2.82. The topological polar surface area (TPSA) is 48.8 Å². The maximum Gasteiger partial charge on any atom is 0.123 e. The second-order valence-corrected chi connectivity index (χ2v) is 3.41. The van der Waals surface area contributed by atoms with E-state index in [4.69, 9.17) is 5.53 Å². The highest BCUT2D eigenvalue weighted by atomic mass is 19.1. The number of nitrogens with zero attached hydrogens (tertiary/aromatic N) is 3. The van der Waals surface area contributed by atoms with E-state index in [1.807, 2.05) is 0 Å². The molecule has 0 unspecified atom stereocenters. The first-order valence-corrected chi connectivity index (χ1v) is 5.07. The molecule has 3 nitrogen and oxygen atoms in total. The van der Waals surface area contributed by atoms with E-state index in [0.29, 0.717) is 0 Å². The SMILES string of the molecule is CCCC[C@@H](N=[N+]=[N-])c1ccc(F)cc1. The number of rotatable bonds is 5. The van der Waals surface area contributed by atoms with Gasteiger partial charge in [0.1, 0.15) is 5.82 Å². The molecule has 0 aliphatic heterocycles. The normalized spacial score (nSPS) is 11.9. The highest BCUT2D eigenvalue weighted by molar-refractivity contribution is 5.19. The van der Waals surface area contributed by atoms with Crippen molar-refractivity contribution < 1.29 is 4.39 Å². The summed E-state index contributed by atoms with van der Waals surface area (Å²) in [6, 6.07) is 5.95. The Labute approximate surface area is 88.6 Å². The lowest BCUT2D eigenvalue weighted by Crippen LogP contribution is -1.94. The summed E-state index contributed by atoms with van der Waals surface area (Å²) in [5.41, 5.74) is 9.31. The first-order chi connectivity index (χ1) is 7.27. The summed E-state index contributed by atoms with van der Waals surface area (Å²) >= 11 is 0. The van der Waals surface area contributed by atoms with Gasteiger partial charge in [-0.3, -0.25) is 0 Å². The molecule has 4 heteroatoms. The molecule has 0 bridgehead atoms. The quantitative estimate of drug-likeness (QED) is 0.391. The standard InChI is InChI=1S/C11H14FN3/c1-2-3-4-11(14-15-13)9-5-7-10(12)8-6-9/h5-8,11H,2-4H2,1H3/t11-/m1/s1. The number of halogens is 1. The number of unbranched alkanes of at least 4 members (excludes halogenated alkanes) is 1. The van der Waals surface area contributed by atoms with Crippen molar-refractivity contribution in [1.29, 1.82) is 0 Å². The second kappa shape index (κ2) is 6.04. The van der Waals surface area contributed by atoms with Gasteiger partial charge in [0.15, 0.2) is 0 Å². The summed E-state index contributed by atoms with van der Waals surface area (Å²) in [6.07, 6.45) is 2.87. The Balaban J connectivity index is 2.78. The Morgan fingerprint density at radius 2 is 2.07 bits per heavy atom. The van der Waals surface area contributed by atoms with Gasteiger partial charge in [0.25, 0.3) is 0 Å². The minimum Gasteiger partial charge on any atom is -0.207 e. The Kier molecular flexibility index (Phi) is 4.64. The maximum absolute atomic E-state index is 12.7. The number of benzene rings is 1. The summed E-state index contributed by atoms with van der Waals surface area (Å²) in [7, 11) is 0. The molecule has 0 aliphatic carbocycles. The summed E-state index contributed by atoms with van der Waals surface area (Å²) in [5.74, 6) is -0.270. The van der Waals surface area contributed by atoms with Crippen LogP contribution in [-0.2, 0) is 0 Å². The smallest absolute Gasteiger partial charge is 0.123 e. The zero-order valence-corrected chi connectivity index (χ0v) is 8.73. The van der Waals surface area contributed by atoms with Crippen LogP contribution in [0.4, 0.5) is 4.39 Å². The fraction of sp³-hybridized carbons (Fsp3) is 0.455. The Morgan fingerprint density at radius 3 is 2.60 bits per heavy atom. The van der Waals surface area contributed by atoms with Crippen molar-refractivity contribution in [3.8, 4) is 0 Å². The van der Waals surface area contributed by atoms with E-state index in [1.54, 1.807) is 12.1 Å². The van der Waals surface area contributed by atoms with Crippen molar-refractivity contribution >= 4 is 0 Å². The van der Waals surface area contributed by atoms with Gasteiger partial charge in [0.05, 0.1) is 6.04 Å². The predicted molar refractivity (Wildman–Crippen MR) is 57.8 cm³/mol. The molecule has 1 rings (SSSR count). The van der Waals surface area contributed by atoms with Gasteiger partial charge in [-0.2, -0.15) is 0 Å². The fourth-order valence-electron chi connectivity index (χ4n) is 1.44. The molecule has 0 aromatic heterocycles. The molecule has 0 saturated carbocycles. The molecular formula is C11H14FN3. The Bertz CT molecular complexity index is 341. The van der Waals surface area contributed by atoms with E-state index in [-0.39, 0.29) is 11.9 Å². The van der Waals surface area contributed by atoms with Gasteiger partial charge >= 0.3 is 0 Å². The zero-order valence-electron chi connectivity index (χ0n) is 8.73. The van der Waals surface area contributed by atoms with E-state index in [0.717, 1.165) is 24.8 Å². The van der Waals surface area contributed by atoms with Gasteiger partial charge in [-0.1, -0.05) is 37.0 Å². The summed E-state index contributed by atoms with van der Waals surface area (Å²) in [6.45, 7) is 2.08. The molecule has 0 spiro atoms. The average Bonchev–Trinajstić information content (AvgIpc) is 2.25. The minimum atomic E-state index is -0.270. The van der Waals surface area contributed by atoms with Crippen molar-refractivity contribution in [3.63, 3.8) is 0 Å². The average molecular weight is 207 g/mol. The van der Waals surface area contributed by atoms with Crippen LogP contribution in [0.2, 0.25) is 0 Å². The highest BCUT2D eigenvalue weighted by Gasteiger charge is 2.08. The van der Waals surface area contributed by atoms with Crippen LogP contribution < -0.4 is 0 Å². The third kappa shape index (κ3) is 3.60. The molecule has 80 valence electrons. The van der Waals surface area contributed by atoms with Crippen LogP contribution in [0.25, 0.3) is 10.4 Å². The maximum atomic E-state index is 12.7. The minimum absolute atomic E-state index is 0.171. The molecule has 0 radical (unpaired) electrons. The fourth-order valence-corrected chi connectivity index (χ4v) is 1.44. The second-order valence-electron chi connectivity index (χ2n) is 3.41. The molecule has 1 atom stereocenters. The van der Waals surface area contributed by atoms with E-state index >= 15 is 0 Å². The Hall–Kier alpha value is -1.54. The number of hydrogen-bond donors (Lipinski definition) is 0. The van der Waals surface area contributed by atoms with Crippen molar-refractivity contribution in [2.24, 2.45) is 5.11 Å². The van der Waals surface area contributed by atoms with Crippen molar-refractivity contribution in [2.45, 2.75) is 32.2 Å². The molecule has 1 aromatic rings. The predicted octanol–water partition coefficient (Wildman–Crippen LogP) is 4.37. The largest absolute Gasteiger partial charge is 0.207 e. The molecule has 15 heavy (non-hydrogen) atoms. The van der Waals surface area contributed by atoms with E-state index in [2.05, 4.69) is 16.9 Å². The van der Waals surface area contributed by atoms with Crippen LogP contribution in [0.3, 0.4) is 0 Å². The van der Waals surface area contributed by atoms with E-state index < -0.39 is 0 Å². The molecule has 0 N–H and O–H groups in total. The number of hydrogen-bond acceptors (Lipinski definition) is 1. The molecular weight excluding hydrogens is 193 g/mol. The van der Waals surface area contributed by atoms with Crippen LogP contribution in [0, 0.1) is 5.82 Å². The van der Waals surface area contributed by atoms with Crippen molar-refractivity contribution in [3.05, 3.63) is 46.1 Å². The van der Waals surface area contributed by atoms with Crippen LogP contribution in [0.5, 0.6) is 0 Å². The monoisotopic (exact) mass is 207 g/mol. The van der Waals surface area contributed by atoms with E-state index in [1.165, 1.54) is 12.1 Å². The lowest BCUT2D eigenvalue weighted by atomic mass is 10.0. The van der Waals surface area contributed by atoms with Gasteiger partial charge in [0.2, 0.25) is 0 Å². The van der Waals surface area contributed by atoms with Crippen molar-refractivity contribution in [2.75, 3.05) is 0 Å². The van der Waals surface area contributed by atoms with E-state index in [9.17, 15) is 4.39 Å². The molecule has 1 aromatic carbocycles. The first-order valence-electron chi connectivity index (χ1n) is 5.07. The summed E-state index contributed by atoms with van der Waals surface area (Å²) < 4.78 is 12.7. The van der Waals surface area contributed by atoms with Crippen LogP contribution in [0.1, 0.15) is 37.8 Å². The molecule has 0 fully saturated rings. The van der Waals surface area contributed by atoms with Crippen LogP contribution in [0.15, 0.2) is 29.4 Å². The van der Waals surface area contributed by atoms with Gasteiger partial charge in [-0.25, -0.2) is 4.39 Å². The van der Waals surface area contributed by atoms with Gasteiger partial charge < -0.3 is 0 Å². The van der Waals surface area contributed by atoms with Gasteiger partial charge in [-0.15, -0.1) is 0 Å². The van der Waals surface area contributed by atoms with Crippen molar-refractivity contribution in [1.82, 2.24) is 0 Å². The number of azide groups is 1. The third-order valence-electron chi connectivity index (χ3n) is 2.28.